The van der Waals surface area contributed by atoms with Crippen molar-refractivity contribution in [2.45, 2.75) is 47.5 Å². The minimum Gasteiger partial charge on any atom is -0.341 e. The number of anilines is 2. The summed E-state index contributed by atoms with van der Waals surface area (Å²) in [5.41, 5.74) is -0.124. The molecule has 0 bridgehead atoms. The van der Waals surface area contributed by atoms with E-state index in [0.717, 1.165) is 10.7 Å². The molecule has 0 N–H and O–H groups in total. The average molecular weight is 437 g/mol. The highest BCUT2D eigenvalue weighted by Crippen LogP contribution is 2.37. The minimum atomic E-state index is -0.570. The molecule has 29 heavy (non-hydrogen) atoms. The van der Waals surface area contributed by atoms with Gasteiger partial charge in [0.25, 0.3) is 5.91 Å². The zero-order valence-corrected chi connectivity index (χ0v) is 19.7. The first-order chi connectivity index (χ1) is 13.3. The summed E-state index contributed by atoms with van der Waals surface area (Å²) < 4.78 is 2.19. The molecule has 1 saturated heterocycles. The Morgan fingerprint density at radius 1 is 1.10 bits per heavy atom. The van der Waals surface area contributed by atoms with Crippen LogP contribution >= 0.6 is 22.9 Å². The SMILES string of the molecule is CN(c1ccc(Cl)s1)c1cc(C2CN(C(=O)C(C)(C)C)C2)nn1C(=O)C(C)(C)C. The topological polar surface area (TPSA) is 58.4 Å². The molecule has 2 aromatic rings. The lowest BCUT2D eigenvalue weighted by molar-refractivity contribution is -0.144. The Labute approximate surface area is 181 Å². The Kier molecular flexibility index (Phi) is 5.60. The lowest BCUT2D eigenvalue weighted by Crippen LogP contribution is -2.52. The van der Waals surface area contributed by atoms with Gasteiger partial charge in [-0.1, -0.05) is 53.1 Å². The van der Waals surface area contributed by atoms with E-state index in [1.165, 1.54) is 16.0 Å². The monoisotopic (exact) mass is 436 g/mol. The van der Waals surface area contributed by atoms with Crippen molar-refractivity contribution in [2.24, 2.45) is 10.8 Å². The molecule has 0 unspecified atom stereocenters. The summed E-state index contributed by atoms with van der Waals surface area (Å²) in [4.78, 5) is 29.3. The normalized spacial score (nSPS) is 15.4. The van der Waals surface area contributed by atoms with E-state index in [2.05, 4.69) is 5.10 Å². The average Bonchev–Trinajstić information content (AvgIpc) is 3.17. The highest BCUT2D eigenvalue weighted by atomic mass is 35.5. The van der Waals surface area contributed by atoms with Crippen molar-refractivity contribution >= 4 is 45.6 Å². The van der Waals surface area contributed by atoms with Crippen molar-refractivity contribution in [3.63, 3.8) is 0 Å². The van der Waals surface area contributed by atoms with Crippen LogP contribution in [0.25, 0.3) is 0 Å². The van der Waals surface area contributed by atoms with Gasteiger partial charge in [-0.2, -0.15) is 9.78 Å². The predicted molar refractivity (Wildman–Crippen MR) is 118 cm³/mol. The molecular formula is C21H29ClN4O2S. The minimum absolute atomic E-state index is 0.0739. The Balaban J connectivity index is 1.90. The van der Waals surface area contributed by atoms with Gasteiger partial charge in [-0.15, -0.1) is 11.3 Å². The largest absolute Gasteiger partial charge is 0.341 e. The summed E-state index contributed by atoms with van der Waals surface area (Å²) in [5.74, 6) is 0.910. The number of likely N-dealkylation sites (tertiary alicyclic amines) is 1. The third-order valence-electron chi connectivity index (χ3n) is 5.01. The van der Waals surface area contributed by atoms with Crippen molar-refractivity contribution in [3.05, 3.63) is 28.2 Å². The van der Waals surface area contributed by atoms with E-state index in [9.17, 15) is 9.59 Å². The molecule has 0 radical (unpaired) electrons. The summed E-state index contributed by atoms with van der Waals surface area (Å²) in [5, 5.41) is 5.60. The van der Waals surface area contributed by atoms with E-state index in [0.29, 0.717) is 23.2 Å². The van der Waals surface area contributed by atoms with Crippen LogP contribution in [0.2, 0.25) is 4.34 Å². The molecule has 1 amide bonds. The Morgan fingerprint density at radius 2 is 1.69 bits per heavy atom. The number of hydrogen-bond acceptors (Lipinski definition) is 5. The Hall–Kier alpha value is -1.86. The molecule has 0 spiro atoms. The first-order valence-corrected chi connectivity index (χ1v) is 10.9. The van der Waals surface area contributed by atoms with E-state index < -0.39 is 10.8 Å². The summed E-state index contributed by atoms with van der Waals surface area (Å²) in [7, 11) is 1.91. The molecule has 158 valence electrons. The number of aromatic nitrogens is 2. The highest BCUT2D eigenvalue weighted by Gasteiger charge is 2.39. The van der Waals surface area contributed by atoms with Gasteiger partial charge in [-0.25, -0.2) is 0 Å². The molecule has 0 atom stereocenters. The lowest BCUT2D eigenvalue weighted by atomic mass is 9.89. The predicted octanol–water partition coefficient (Wildman–Crippen LogP) is 5.02. The molecule has 3 heterocycles. The maximum absolute atomic E-state index is 13.1. The second kappa shape index (κ2) is 7.43. The molecule has 1 aliphatic rings. The summed E-state index contributed by atoms with van der Waals surface area (Å²) in [6, 6.07) is 5.73. The number of amides is 1. The first kappa shape index (κ1) is 21.8. The number of thiophene rings is 1. The molecule has 3 rings (SSSR count). The molecule has 2 aromatic heterocycles. The van der Waals surface area contributed by atoms with Gasteiger partial charge in [-0.3, -0.25) is 9.59 Å². The zero-order valence-electron chi connectivity index (χ0n) is 18.1. The van der Waals surface area contributed by atoms with Crippen LogP contribution in [0.4, 0.5) is 10.8 Å². The fourth-order valence-corrected chi connectivity index (χ4v) is 4.20. The van der Waals surface area contributed by atoms with Gasteiger partial charge in [0, 0.05) is 43.0 Å². The van der Waals surface area contributed by atoms with E-state index in [1.807, 2.05) is 76.6 Å². The maximum Gasteiger partial charge on any atom is 0.254 e. The van der Waals surface area contributed by atoms with Crippen molar-refractivity contribution in [1.82, 2.24) is 14.7 Å². The highest BCUT2D eigenvalue weighted by molar-refractivity contribution is 7.20. The van der Waals surface area contributed by atoms with Crippen LogP contribution in [0.3, 0.4) is 0 Å². The number of nitrogens with zero attached hydrogens (tertiary/aromatic N) is 4. The van der Waals surface area contributed by atoms with Crippen molar-refractivity contribution in [1.29, 1.82) is 0 Å². The summed E-state index contributed by atoms with van der Waals surface area (Å²) >= 11 is 7.55. The maximum atomic E-state index is 13.1. The number of carbonyl (C=O) groups is 2. The van der Waals surface area contributed by atoms with Crippen LogP contribution in [0, 0.1) is 10.8 Å². The smallest absolute Gasteiger partial charge is 0.254 e. The number of halogens is 1. The van der Waals surface area contributed by atoms with Crippen molar-refractivity contribution in [3.8, 4) is 0 Å². The van der Waals surface area contributed by atoms with Gasteiger partial charge < -0.3 is 9.80 Å². The molecule has 0 aliphatic carbocycles. The fourth-order valence-electron chi connectivity index (χ4n) is 3.20. The molecule has 0 saturated carbocycles. The third-order valence-corrected chi connectivity index (χ3v) is 6.31. The van der Waals surface area contributed by atoms with Crippen LogP contribution < -0.4 is 4.90 Å². The molecule has 1 aliphatic heterocycles. The molecule has 6 nitrogen and oxygen atoms in total. The molecule has 0 aromatic carbocycles. The van der Waals surface area contributed by atoms with Crippen LogP contribution in [0.1, 0.15) is 57.9 Å². The third kappa shape index (κ3) is 4.36. The van der Waals surface area contributed by atoms with Gasteiger partial charge in [0.15, 0.2) is 0 Å². The van der Waals surface area contributed by atoms with Crippen molar-refractivity contribution < 1.29 is 9.59 Å². The van der Waals surface area contributed by atoms with E-state index in [1.54, 1.807) is 0 Å². The van der Waals surface area contributed by atoms with Gasteiger partial charge >= 0.3 is 0 Å². The number of carbonyl (C=O) groups excluding carboxylic acids is 2. The van der Waals surface area contributed by atoms with Gasteiger partial charge in [0.1, 0.15) is 5.82 Å². The number of hydrogen-bond donors (Lipinski definition) is 0. The second-order valence-corrected chi connectivity index (χ2v) is 11.4. The lowest BCUT2D eigenvalue weighted by Gasteiger charge is -2.41. The second-order valence-electron chi connectivity index (χ2n) is 9.69. The molecule has 8 heteroatoms. The van der Waals surface area contributed by atoms with Crippen LogP contribution in [0.15, 0.2) is 18.2 Å². The number of rotatable bonds is 3. The van der Waals surface area contributed by atoms with Crippen LogP contribution in [0.5, 0.6) is 0 Å². The summed E-state index contributed by atoms with van der Waals surface area (Å²) in [6.07, 6.45) is 0. The molecular weight excluding hydrogens is 408 g/mol. The fraction of sp³-hybridized carbons (Fsp3) is 0.571. The summed E-state index contributed by atoms with van der Waals surface area (Å²) in [6.45, 7) is 12.7. The Bertz CT molecular complexity index is 929. The van der Waals surface area contributed by atoms with Gasteiger partial charge in [0.05, 0.1) is 15.0 Å². The zero-order chi connectivity index (χ0) is 21.7. The van der Waals surface area contributed by atoms with Crippen molar-refractivity contribution in [2.75, 3.05) is 25.0 Å². The Morgan fingerprint density at radius 3 is 2.17 bits per heavy atom. The quantitative estimate of drug-likeness (QED) is 0.677. The van der Waals surface area contributed by atoms with E-state index >= 15 is 0 Å². The van der Waals surface area contributed by atoms with Gasteiger partial charge in [0.2, 0.25) is 5.91 Å². The molecule has 1 fully saturated rings. The standard InChI is InChI=1S/C21H29ClN4O2S/c1-20(2,3)18(27)25-11-13(12-25)14-10-16(24(7)17-9-8-15(22)29-17)26(23-14)19(28)21(4,5)6/h8-10,13H,11-12H2,1-7H3. The van der Waals surface area contributed by atoms with Crippen LogP contribution in [-0.2, 0) is 4.79 Å². The first-order valence-electron chi connectivity index (χ1n) is 9.72. The van der Waals surface area contributed by atoms with Crippen LogP contribution in [-0.4, -0.2) is 46.6 Å². The van der Waals surface area contributed by atoms with E-state index in [-0.39, 0.29) is 17.7 Å². The van der Waals surface area contributed by atoms with E-state index in [4.69, 9.17) is 11.6 Å². The van der Waals surface area contributed by atoms with Gasteiger partial charge in [-0.05, 0) is 12.1 Å².